The molecule has 59 heavy (non-hydrogen) atoms. The first kappa shape index (κ1) is 47.1. The third-order valence-electron chi connectivity index (χ3n) is 8.40. The van der Waals surface area contributed by atoms with Crippen molar-refractivity contribution in [3.63, 3.8) is 0 Å². The van der Waals surface area contributed by atoms with Gasteiger partial charge in [-0.05, 0) is 60.7 Å². The second-order valence-electron chi connectivity index (χ2n) is 14.3. The van der Waals surface area contributed by atoms with E-state index in [9.17, 15) is 20.2 Å². The number of ether oxygens (including phenoxy) is 3. The van der Waals surface area contributed by atoms with E-state index >= 15 is 0 Å². The predicted octanol–water partition coefficient (Wildman–Crippen LogP) is 9.52. The van der Waals surface area contributed by atoms with E-state index < -0.39 is 9.85 Å². The minimum Gasteiger partial charge on any atom is -0.496 e. The van der Waals surface area contributed by atoms with Crippen LogP contribution < -0.4 is 36.3 Å². The van der Waals surface area contributed by atoms with E-state index in [0.717, 1.165) is 41.6 Å². The van der Waals surface area contributed by atoms with Crippen LogP contribution in [0, 0.1) is 38.0 Å². The minimum absolute atomic E-state index is 0.0392. The fraction of sp³-hybridized carbons (Fsp3) is 0.357. The van der Waals surface area contributed by atoms with Crippen LogP contribution in [-0.4, -0.2) is 65.8 Å². The van der Waals surface area contributed by atoms with Crippen LogP contribution in [0.25, 0.3) is 32.7 Å². The van der Waals surface area contributed by atoms with Gasteiger partial charge in [0.25, 0.3) is 0 Å². The molecule has 0 saturated heterocycles. The van der Waals surface area contributed by atoms with E-state index in [1.165, 1.54) is 13.3 Å². The van der Waals surface area contributed by atoms with Gasteiger partial charge >= 0.3 is 11.4 Å². The first-order valence-electron chi connectivity index (χ1n) is 18.8. The summed E-state index contributed by atoms with van der Waals surface area (Å²) in [5.41, 5.74) is 15.1. The Morgan fingerprint density at radius 3 is 1.41 bits per heavy atom. The summed E-state index contributed by atoms with van der Waals surface area (Å²) in [4.78, 5) is 33.3. The average Bonchev–Trinajstić information content (AvgIpc) is 3.22. The highest BCUT2D eigenvalue weighted by atomic mass is 35.5. The molecule has 0 saturated carbocycles. The molecule has 0 radical (unpaired) electrons. The largest absolute Gasteiger partial charge is 0.496 e. The zero-order valence-electron chi connectivity index (χ0n) is 34.9. The van der Waals surface area contributed by atoms with Crippen molar-refractivity contribution >= 4 is 72.7 Å². The number of fused-ring (bicyclic) bond motifs is 3. The molecule has 0 bridgehead atoms. The van der Waals surface area contributed by atoms with Gasteiger partial charge in [-0.2, -0.15) is 0 Å². The van der Waals surface area contributed by atoms with Crippen molar-refractivity contribution in [2.45, 2.75) is 41.5 Å². The molecule has 0 atom stereocenters. The van der Waals surface area contributed by atoms with Crippen LogP contribution in [0.4, 0.5) is 28.4 Å². The Balaban J connectivity index is 0.000000224. The summed E-state index contributed by atoms with van der Waals surface area (Å²) in [6.07, 6.45) is 4.11. The minimum atomic E-state index is -0.568. The van der Waals surface area contributed by atoms with Gasteiger partial charge in [-0.1, -0.05) is 71.3 Å². The molecule has 3 aromatic carbocycles. The van der Waals surface area contributed by atoms with E-state index in [2.05, 4.69) is 53.3 Å². The van der Waals surface area contributed by atoms with E-state index in [1.807, 2.05) is 44.2 Å². The van der Waals surface area contributed by atoms with Gasteiger partial charge in [-0.25, -0.2) is 9.97 Å². The summed E-state index contributed by atoms with van der Waals surface area (Å²) < 4.78 is 15.8. The van der Waals surface area contributed by atoms with Crippen LogP contribution in [0.3, 0.4) is 0 Å². The molecule has 6 N–H and O–H groups in total. The van der Waals surface area contributed by atoms with Gasteiger partial charge in [0.1, 0.15) is 40.4 Å². The molecular weight excluding hydrogens is 778 g/mol. The summed E-state index contributed by atoms with van der Waals surface area (Å²) in [6.45, 7) is 14.9. The highest BCUT2D eigenvalue weighted by molar-refractivity contribution is 6.38. The monoisotopic (exact) mass is 831 g/mol. The number of anilines is 3. The summed E-state index contributed by atoms with van der Waals surface area (Å²) in [7, 11) is 4.67. The Hall–Kier alpha value is -6.26. The summed E-state index contributed by atoms with van der Waals surface area (Å²) in [6, 6.07) is 16.3. The fourth-order valence-corrected chi connectivity index (χ4v) is 5.66. The third kappa shape index (κ3) is 12.6. The average molecular weight is 832 g/mol. The molecule has 6 aromatic rings. The zero-order valence-corrected chi connectivity index (χ0v) is 35.7. The lowest BCUT2D eigenvalue weighted by atomic mass is 10.1. The number of benzene rings is 3. The normalized spacial score (nSPS) is 10.6. The maximum Gasteiger partial charge on any atom is 0.311 e. The lowest BCUT2D eigenvalue weighted by molar-refractivity contribution is -0.384. The van der Waals surface area contributed by atoms with Crippen molar-refractivity contribution < 1.29 is 24.1 Å². The number of pyridine rings is 3. The van der Waals surface area contributed by atoms with Crippen molar-refractivity contribution in [1.29, 1.82) is 0 Å². The van der Waals surface area contributed by atoms with Crippen molar-refractivity contribution in [2.24, 2.45) is 23.5 Å². The molecule has 0 aliphatic heterocycles. The molecule has 3 aromatic heterocycles. The SMILES string of the molecule is CC(C)CN.COc1cccc2ncc(N)c(NCC(C)C)c12.COc1cccc2ncc([N+](=O)[O-])c(Cl)c12.COc1cccc2ncc([N+](=O)[O-])c(NCC(C)C)c12. The van der Waals surface area contributed by atoms with Gasteiger partial charge in [0.05, 0.1) is 81.5 Å². The van der Waals surface area contributed by atoms with Crippen LogP contribution in [-0.2, 0) is 0 Å². The molecule has 316 valence electrons. The Morgan fingerprint density at radius 2 is 1.00 bits per heavy atom. The number of methoxy groups -OCH3 is 3. The Kier molecular flexibility index (Phi) is 18.1. The van der Waals surface area contributed by atoms with E-state index in [0.29, 0.717) is 69.0 Å². The van der Waals surface area contributed by atoms with Gasteiger partial charge in [0.15, 0.2) is 0 Å². The number of rotatable bonds is 12. The van der Waals surface area contributed by atoms with Crippen molar-refractivity contribution in [1.82, 2.24) is 15.0 Å². The van der Waals surface area contributed by atoms with Gasteiger partial charge in [-0.3, -0.25) is 25.2 Å². The van der Waals surface area contributed by atoms with Crippen molar-refractivity contribution in [2.75, 3.05) is 57.3 Å². The lowest BCUT2D eigenvalue weighted by Gasteiger charge is -2.15. The first-order valence-corrected chi connectivity index (χ1v) is 19.2. The van der Waals surface area contributed by atoms with Gasteiger partial charge < -0.3 is 36.3 Å². The molecule has 0 spiro atoms. The molecule has 0 aliphatic carbocycles. The second-order valence-corrected chi connectivity index (χ2v) is 14.7. The van der Waals surface area contributed by atoms with Crippen LogP contribution >= 0.6 is 11.6 Å². The van der Waals surface area contributed by atoms with Crippen LogP contribution in [0.5, 0.6) is 17.2 Å². The molecular formula is C42H54ClN9O7. The maximum atomic E-state index is 11.2. The standard InChI is InChI=1S/C14H17N3O3.C14H19N3O.C10H7ClN2O3.C4H11N/c1-9(2)7-16-14-11(17(18)19)8-15-10-5-4-6-12(20-3)13(10)14;1-9(2)7-17-14-10(15)8-16-11-5-4-6-12(18-3)13(11)14;1-16-8-4-2-3-6-9(8)10(11)7(5-12-6)13(14)15;1-4(2)3-5/h4-6,8-9H,7H2,1-3H3,(H,15,16);4-6,8-9H,7,15H2,1-3H3,(H,16,17);2-5H,1H3;4H,3,5H2,1-2H3. The number of aromatic nitrogens is 3. The summed E-state index contributed by atoms with van der Waals surface area (Å²) in [5, 5.41) is 30.5. The van der Waals surface area contributed by atoms with Crippen LogP contribution in [0.1, 0.15) is 41.5 Å². The highest BCUT2D eigenvalue weighted by Crippen LogP contribution is 2.39. The van der Waals surface area contributed by atoms with Crippen LogP contribution in [0.15, 0.2) is 73.2 Å². The second kappa shape index (κ2) is 22.6. The zero-order chi connectivity index (χ0) is 43.8. The number of nitrogens with zero attached hydrogens (tertiary/aromatic N) is 5. The molecule has 16 nitrogen and oxygen atoms in total. The first-order chi connectivity index (χ1) is 28.1. The molecule has 17 heteroatoms. The van der Waals surface area contributed by atoms with Crippen molar-refractivity contribution in [3.05, 3.63) is 98.4 Å². The molecule has 0 unspecified atom stereocenters. The van der Waals surface area contributed by atoms with Crippen LogP contribution in [0.2, 0.25) is 5.02 Å². The highest BCUT2D eigenvalue weighted by Gasteiger charge is 2.21. The predicted molar refractivity (Wildman–Crippen MR) is 238 cm³/mol. The number of nitrogens with one attached hydrogen (secondary N) is 2. The fourth-order valence-electron chi connectivity index (χ4n) is 5.35. The van der Waals surface area contributed by atoms with Gasteiger partial charge in [0.2, 0.25) is 0 Å². The number of hydrogen-bond acceptors (Lipinski definition) is 14. The lowest BCUT2D eigenvalue weighted by Crippen LogP contribution is -2.10. The van der Waals surface area contributed by atoms with Gasteiger partial charge in [0, 0.05) is 13.1 Å². The molecule has 3 heterocycles. The number of halogens is 1. The smallest absolute Gasteiger partial charge is 0.311 e. The van der Waals surface area contributed by atoms with E-state index in [4.69, 9.17) is 37.3 Å². The quantitative estimate of drug-likeness (QED) is 0.0665. The third-order valence-corrected chi connectivity index (χ3v) is 8.78. The molecule has 0 amide bonds. The topological polar surface area (TPSA) is 229 Å². The Morgan fingerprint density at radius 1 is 0.627 bits per heavy atom. The number of nitrogens with two attached hydrogens (primary N) is 2. The number of hydrogen-bond donors (Lipinski definition) is 4. The number of nitro groups is 2. The maximum absolute atomic E-state index is 11.2. The molecule has 6 rings (SSSR count). The number of nitrogen functional groups attached to an aromatic ring is 1. The van der Waals surface area contributed by atoms with E-state index in [1.54, 1.807) is 44.7 Å². The summed E-state index contributed by atoms with van der Waals surface area (Å²) >= 11 is 5.96. The Labute approximate surface area is 348 Å². The summed E-state index contributed by atoms with van der Waals surface area (Å²) in [5.74, 6) is 3.41. The molecule has 0 aliphatic rings. The van der Waals surface area contributed by atoms with E-state index in [-0.39, 0.29) is 16.4 Å². The van der Waals surface area contributed by atoms with Crippen molar-refractivity contribution in [3.8, 4) is 17.2 Å². The molecule has 0 fully saturated rings. The Bertz CT molecular complexity index is 2340. The van der Waals surface area contributed by atoms with Gasteiger partial charge in [-0.15, -0.1) is 0 Å².